The first-order chi connectivity index (χ1) is 11.2. The summed E-state index contributed by atoms with van der Waals surface area (Å²) in [7, 11) is 0. The minimum atomic E-state index is -0.336. The van der Waals surface area contributed by atoms with Gasteiger partial charge in [-0.2, -0.15) is 5.26 Å². The van der Waals surface area contributed by atoms with E-state index in [4.69, 9.17) is 5.73 Å². The second-order valence-electron chi connectivity index (χ2n) is 5.00. The van der Waals surface area contributed by atoms with Crippen molar-refractivity contribution < 1.29 is 4.39 Å². The molecule has 0 saturated carbocycles. The van der Waals surface area contributed by atoms with Crippen LogP contribution in [-0.4, -0.2) is 21.1 Å². The predicted octanol–water partition coefficient (Wildman–Crippen LogP) is 2.78. The minimum absolute atomic E-state index is 0.0368. The molecule has 3 rings (SSSR count). The Balaban J connectivity index is 2.18. The SMILES string of the molecule is N#Cc1cc(-c2cccnc2)c2ncn(C/C(F)=C/CN)c2c1. The van der Waals surface area contributed by atoms with Crippen molar-refractivity contribution >= 4 is 11.0 Å². The average molecular weight is 307 g/mol. The summed E-state index contributed by atoms with van der Waals surface area (Å²) < 4.78 is 15.4. The van der Waals surface area contributed by atoms with E-state index in [0.29, 0.717) is 16.6 Å². The summed E-state index contributed by atoms with van der Waals surface area (Å²) >= 11 is 0. The van der Waals surface area contributed by atoms with Crippen LogP contribution in [0.25, 0.3) is 22.2 Å². The van der Waals surface area contributed by atoms with E-state index in [1.54, 1.807) is 35.4 Å². The molecule has 3 aromatic rings. The number of halogens is 1. The number of pyridine rings is 1. The third kappa shape index (κ3) is 2.96. The Hall–Kier alpha value is -3.04. The molecule has 0 amide bonds. The van der Waals surface area contributed by atoms with Crippen molar-refractivity contribution in [1.29, 1.82) is 5.26 Å². The van der Waals surface area contributed by atoms with Crippen molar-refractivity contribution in [2.24, 2.45) is 5.73 Å². The van der Waals surface area contributed by atoms with E-state index >= 15 is 0 Å². The molecular formula is C17H14FN5. The molecule has 0 spiro atoms. The number of nitriles is 1. The predicted molar refractivity (Wildman–Crippen MR) is 85.9 cm³/mol. The molecule has 0 saturated heterocycles. The van der Waals surface area contributed by atoms with Crippen LogP contribution in [0.5, 0.6) is 0 Å². The molecule has 23 heavy (non-hydrogen) atoms. The summed E-state index contributed by atoms with van der Waals surface area (Å²) in [5.74, 6) is -0.336. The minimum Gasteiger partial charge on any atom is -0.327 e. The Bertz CT molecular complexity index is 906. The van der Waals surface area contributed by atoms with Crippen molar-refractivity contribution in [2.75, 3.05) is 6.54 Å². The van der Waals surface area contributed by atoms with Gasteiger partial charge < -0.3 is 10.3 Å². The highest BCUT2D eigenvalue weighted by Gasteiger charge is 2.12. The maximum Gasteiger partial charge on any atom is 0.117 e. The molecule has 0 bridgehead atoms. The van der Waals surface area contributed by atoms with Crippen molar-refractivity contribution in [2.45, 2.75) is 6.54 Å². The van der Waals surface area contributed by atoms with Crippen LogP contribution in [0.2, 0.25) is 0 Å². The zero-order chi connectivity index (χ0) is 16.2. The van der Waals surface area contributed by atoms with Gasteiger partial charge in [0.15, 0.2) is 0 Å². The van der Waals surface area contributed by atoms with Crippen LogP contribution in [0.1, 0.15) is 5.56 Å². The fourth-order valence-corrected chi connectivity index (χ4v) is 2.45. The summed E-state index contributed by atoms with van der Waals surface area (Å²) in [6.45, 7) is 0.178. The monoisotopic (exact) mass is 307 g/mol. The fraction of sp³-hybridized carbons (Fsp3) is 0.118. The Morgan fingerprint density at radius 1 is 1.43 bits per heavy atom. The standard InChI is InChI=1S/C17H14FN5/c18-14(3-4-19)10-23-11-22-17-15(13-2-1-5-21-9-13)6-12(8-20)7-16(17)23/h1-3,5-7,9,11H,4,10,19H2/b14-3-. The van der Waals surface area contributed by atoms with E-state index in [2.05, 4.69) is 16.0 Å². The number of aromatic nitrogens is 3. The maximum absolute atomic E-state index is 13.8. The maximum atomic E-state index is 13.8. The highest BCUT2D eigenvalue weighted by Crippen LogP contribution is 2.29. The molecular weight excluding hydrogens is 293 g/mol. The first-order valence-electron chi connectivity index (χ1n) is 7.07. The Morgan fingerprint density at radius 2 is 2.30 bits per heavy atom. The normalized spacial score (nSPS) is 11.6. The molecule has 6 heteroatoms. The van der Waals surface area contributed by atoms with Gasteiger partial charge in [-0.05, 0) is 24.3 Å². The van der Waals surface area contributed by atoms with Crippen molar-refractivity contribution in [1.82, 2.24) is 14.5 Å². The van der Waals surface area contributed by atoms with Gasteiger partial charge in [-0.25, -0.2) is 9.37 Å². The largest absolute Gasteiger partial charge is 0.327 e. The van der Waals surface area contributed by atoms with Gasteiger partial charge in [0.2, 0.25) is 0 Å². The fourth-order valence-electron chi connectivity index (χ4n) is 2.45. The van der Waals surface area contributed by atoms with Gasteiger partial charge in [-0.3, -0.25) is 4.98 Å². The van der Waals surface area contributed by atoms with Gasteiger partial charge in [0.05, 0.1) is 35.5 Å². The Morgan fingerprint density at radius 3 is 3.00 bits per heavy atom. The van der Waals surface area contributed by atoms with E-state index < -0.39 is 0 Å². The molecule has 0 unspecified atom stereocenters. The van der Waals surface area contributed by atoms with Crippen LogP contribution in [-0.2, 0) is 6.54 Å². The lowest BCUT2D eigenvalue weighted by Crippen LogP contribution is -2.00. The number of nitrogens with zero attached hydrogens (tertiary/aromatic N) is 4. The van der Waals surface area contributed by atoms with E-state index in [1.807, 2.05) is 12.1 Å². The van der Waals surface area contributed by atoms with Crippen LogP contribution in [0.3, 0.4) is 0 Å². The number of hydrogen-bond acceptors (Lipinski definition) is 4. The number of benzene rings is 1. The third-order valence-electron chi connectivity index (χ3n) is 3.49. The first-order valence-corrected chi connectivity index (χ1v) is 7.07. The van der Waals surface area contributed by atoms with Crippen molar-refractivity contribution in [3.63, 3.8) is 0 Å². The molecule has 2 aromatic heterocycles. The summed E-state index contributed by atoms with van der Waals surface area (Å²) in [5, 5.41) is 9.27. The molecule has 0 aliphatic rings. The zero-order valence-electron chi connectivity index (χ0n) is 12.3. The number of rotatable bonds is 4. The molecule has 114 valence electrons. The average Bonchev–Trinajstić information content (AvgIpc) is 2.98. The molecule has 2 heterocycles. The van der Waals surface area contributed by atoms with Crippen LogP contribution < -0.4 is 5.73 Å². The molecule has 1 aromatic carbocycles. The molecule has 0 atom stereocenters. The van der Waals surface area contributed by atoms with Gasteiger partial charge in [-0.1, -0.05) is 6.07 Å². The number of hydrogen-bond donors (Lipinski definition) is 1. The van der Waals surface area contributed by atoms with Crippen LogP contribution in [0, 0.1) is 11.3 Å². The van der Waals surface area contributed by atoms with Gasteiger partial charge in [-0.15, -0.1) is 0 Å². The van der Waals surface area contributed by atoms with Gasteiger partial charge in [0, 0.05) is 30.1 Å². The third-order valence-corrected chi connectivity index (χ3v) is 3.49. The zero-order valence-corrected chi connectivity index (χ0v) is 12.3. The first kappa shape index (κ1) is 14.9. The van der Waals surface area contributed by atoms with Gasteiger partial charge >= 0.3 is 0 Å². The molecule has 5 nitrogen and oxygen atoms in total. The van der Waals surface area contributed by atoms with Gasteiger partial charge in [0.25, 0.3) is 0 Å². The van der Waals surface area contributed by atoms with E-state index in [0.717, 1.165) is 11.1 Å². The highest BCUT2D eigenvalue weighted by molar-refractivity contribution is 5.93. The summed E-state index contributed by atoms with van der Waals surface area (Å²) in [5.41, 5.74) is 8.88. The molecule has 0 aliphatic carbocycles. The van der Waals surface area contributed by atoms with Crippen LogP contribution in [0.15, 0.2) is 54.9 Å². The number of fused-ring (bicyclic) bond motifs is 1. The number of nitrogens with two attached hydrogens (primary N) is 1. The quantitative estimate of drug-likeness (QED) is 0.803. The van der Waals surface area contributed by atoms with E-state index in [9.17, 15) is 9.65 Å². The lowest BCUT2D eigenvalue weighted by molar-refractivity contribution is 0.558. The van der Waals surface area contributed by atoms with Gasteiger partial charge in [0.1, 0.15) is 5.83 Å². The van der Waals surface area contributed by atoms with Crippen LogP contribution >= 0.6 is 0 Å². The Kier molecular flexibility index (Phi) is 4.13. The van der Waals surface area contributed by atoms with E-state index in [1.165, 1.54) is 6.08 Å². The molecule has 0 radical (unpaired) electrons. The number of allylic oxidation sites excluding steroid dienone is 1. The van der Waals surface area contributed by atoms with E-state index in [-0.39, 0.29) is 18.9 Å². The summed E-state index contributed by atoms with van der Waals surface area (Å²) in [4.78, 5) is 8.49. The molecule has 0 fully saturated rings. The lowest BCUT2D eigenvalue weighted by Gasteiger charge is -2.06. The molecule has 0 aliphatic heterocycles. The van der Waals surface area contributed by atoms with Crippen molar-refractivity contribution in [3.05, 3.63) is 60.5 Å². The highest BCUT2D eigenvalue weighted by atomic mass is 19.1. The van der Waals surface area contributed by atoms with Crippen LogP contribution in [0.4, 0.5) is 4.39 Å². The Labute approximate surface area is 132 Å². The second kappa shape index (κ2) is 6.38. The summed E-state index contributed by atoms with van der Waals surface area (Å²) in [6, 6.07) is 9.33. The second-order valence-corrected chi connectivity index (χ2v) is 5.00. The lowest BCUT2D eigenvalue weighted by atomic mass is 10.0. The van der Waals surface area contributed by atoms with Crippen molar-refractivity contribution in [3.8, 4) is 17.2 Å². The number of imidazole rings is 1. The topological polar surface area (TPSA) is 80.5 Å². The molecule has 2 N–H and O–H groups in total. The smallest absolute Gasteiger partial charge is 0.117 e. The summed E-state index contributed by atoms with van der Waals surface area (Å²) in [6.07, 6.45) is 6.28.